The van der Waals surface area contributed by atoms with Gasteiger partial charge in [0.2, 0.25) is 0 Å². The summed E-state index contributed by atoms with van der Waals surface area (Å²) in [6, 6.07) is 14.7. The summed E-state index contributed by atoms with van der Waals surface area (Å²) in [7, 11) is 0. The normalized spacial score (nSPS) is 11.6. The van der Waals surface area contributed by atoms with Gasteiger partial charge < -0.3 is 11.5 Å². The standard InChI is InChI=1S/C19H26N2/c1-4-14-13-17(21)11-12-18(14)19(5-2,6-3)15-7-9-16(20)10-8-15/h7-13H,4-6,20-21H2,1-3H3. The Bertz CT molecular complexity index is 595. The molecule has 0 amide bonds. The van der Waals surface area contributed by atoms with E-state index in [-0.39, 0.29) is 5.41 Å². The third kappa shape index (κ3) is 2.76. The fourth-order valence-electron chi connectivity index (χ4n) is 3.37. The molecule has 0 aromatic heterocycles. The zero-order valence-corrected chi connectivity index (χ0v) is 13.3. The van der Waals surface area contributed by atoms with Crippen molar-refractivity contribution < 1.29 is 0 Å². The van der Waals surface area contributed by atoms with Crippen LogP contribution in [0.4, 0.5) is 11.4 Å². The molecule has 2 heteroatoms. The monoisotopic (exact) mass is 282 g/mol. The largest absolute Gasteiger partial charge is 0.399 e. The number of nitrogen functional groups attached to an aromatic ring is 2. The molecular weight excluding hydrogens is 256 g/mol. The van der Waals surface area contributed by atoms with Gasteiger partial charge in [-0.25, -0.2) is 0 Å². The molecule has 0 heterocycles. The van der Waals surface area contributed by atoms with Crippen LogP contribution in [-0.2, 0) is 11.8 Å². The molecule has 2 aromatic carbocycles. The predicted molar refractivity (Wildman–Crippen MR) is 92.4 cm³/mol. The van der Waals surface area contributed by atoms with E-state index in [0.29, 0.717) is 0 Å². The maximum Gasteiger partial charge on any atom is 0.0316 e. The van der Waals surface area contributed by atoms with Gasteiger partial charge in [0.25, 0.3) is 0 Å². The van der Waals surface area contributed by atoms with Crippen LogP contribution in [0.15, 0.2) is 42.5 Å². The molecular formula is C19H26N2. The van der Waals surface area contributed by atoms with Crippen molar-refractivity contribution in [2.45, 2.75) is 45.4 Å². The number of aryl methyl sites for hydroxylation is 1. The summed E-state index contributed by atoms with van der Waals surface area (Å²) in [4.78, 5) is 0. The van der Waals surface area contributed by atoms with Gasteiger partial charge in [0.15, 0.2) is 0 Å². The molecule has 0 saturated carbocycles. The van der Waals surface area contributed by atoms with Crippen LogP contribution < -0.4 is 11.5 Å². The van der Waals surface area contributed by atoms with Crippen molar-refractivity contribution in [2.75, 3.05) is 11.5 Å². The first-order valence-corrected chi connectivity index (χ1v) is 7.82. The van der Waals surface area contributed by atoms with Gasteiger partial charge in [-0.05, 0) is 60.2 Å². The Balaban J connectivity index is 2.64. The number of nitrogens with two attached hydrogens (primary N) is 2. The Labute approximate surface area is 128 Å². The highest BCUT2D eigenvalue weighted by atomic mass is 14.5. The highest BCUT2D eigenvalue weighted by Gasteiger charge is 2.32. The molecule has 2 rings (SSSR count). The van der Waals surface area contributed by atoms with Gasteiger partial charge in [-0.3, -0.25) is 0 Å². The summed E-state index contributed by atoms with van der Waals surface area (Å²) in [6.45, 7) is 6.71. The number of rotatable bonds is 5. The van der Waals surface area contributed by atoms with E-state index in [0.717, 1.165) is 30.6 Å². The van der Waals surface area contributed by atoms with Crippen LogP contribution in [0.2, 0.25) is 0 Å². The molecule has 0 aliphatic heterocycles. The van der Waals surface area contributed by atoms with Gasteiger partial charge in [-0.15, -0.1) is 0 Å². The van der Waals surface area contributed by atoms with E-state index in [1.807, 2.05) is 18.2 Å². The minimum absolute atomic E-state index is 0.0345. The summed E-state index contributed by atoms with van der Waals surface area (Å²) >= 11 is 0. The second-order valence-corrected chi connectivity index (χ2v) is 5.68. The fourth-order valence-corrected chi connectivity index (χ4v) is 3.37. The van der Waals surface area contributed by atoms with E-state index in [1.165, 1.54) is 16.7 Å². The van der Waals surface area contributed by atoms with Crippen LogP contribution in [0.5, 0.6) is 0 Å². The molecule has 4 N–H and O–H groups in total. The second-order valence-electron chi connectivity index (χ2n) is 5.68. The second kappa shape index (κ2) is 6.21. The fraction of sp³-hybridized carbons (Fsp3) is 0.368. The Morgan fingerprint density at radius 1 is 0.810 bits per heavy atom. The van der Waals surface area contributed by atoms with Crippen LogP contribution in [-0.4, -0.2) is 0 Å². The molecule has 0 bridgehead atoms. The Morgan fingerprint density at radius 3 is 1.90 bits per heavy atom. The van der Waals surface area contributed by atoms with E-state index in [2.05, 4.69) is 45.0 Å². The highest BCUT2D eigenvalue weighted by Crippen LogP contribution is 2.41. The molecule has 112 valence electrons. The molecule has 0 unspecified atom stereocenters. The zero-order valence-electron chi connectivity index (χ0n) is 13.3. The van der Waals surface area contributed by atoms with Crippen LogP contribution in [0.1, 0.15) is 50.3 Å². The lowest BCUT2D eigenvalue weighted by Crippen LogP contribution is -2.27. The third-order valence-corrected chi connectivity index (χ3v) is 4.70. The molecule has 0 radical (unpaired) electrons. The van der Waals surface area contributed by atoms with Gasteiger partial charge in [-0.1, -0.05) is 39.0 Å². The van der Waals surface area contributed by atoms with Crippen molar-refractivity contribution in [3.63, 3.8) is 0 Å². The maximum atomic E-state index is 5.97. The van der Waals surface area contributed by atoms with E-state index in [4.69, 9.17) is 11.5 Å². The molecule has 0 spiro atoms. The van der Waals surface area contributed by atoms with Crippen molar-refractivity contribution in [1.29, 1.82) is 0 Å². The number of hydrogen-bond acceptors (Lipinski definition) is 2. The highest BCUT2D eigenvalue weighted by molar-refractivity contribution is 5.52. The Kier molecular flexibility index (Phi) is 4.56. The average molecular weight is 282 g/mol. The lowest BCUT2D eigenvalue weighted by atomic mass is 9.69. The first kappa shape index (κ1) is 15.4. The molecule has 2 aromatic rings. The molecule has 0 aliphatic carbocycles. The Morgan fingerprint density at radius 2 is 1.38 bits per heavy atom. The SMILES string of the molecule is CCc1cc(N)ccc1C(CC)(CC)c1ccc(N)cc1. The van der Waals surface area contributed by atoms with Gasteiger partial charge in [0.1, 0.15) is 0 Å². The lowest BCUT2D eigenvalue weighted by Gasteiger charge is -2.35. The maximum absolute atomic E-state index is 5.97. The van der Waals surface area contributed by atoms with Crippen LogP contribution >= 0.6 is 0 Å². The van der Waals surface area contributed by atoms with Crippen molar-refractivity contribution >= 4 is 11.4 Å². The van der Waals surface area contributed by atoms with Crippen LogP contribution in [0, 0.1) is 0 Å². The van der Waals surface area contributed by atoms with Crippen molar-refractivity contribution in [1.82, 2.24) is 0 Å². The zero-order chi connectivity index (χ0) is 15.5. The molecule has 21 heavy (non-hydrogen) atoms. The third-order valence-electron chi connectivity index (χ3n) is 4.70. The average Bonchev–Trinajstić information content (AvgIpc) is 2.51. The minimum Gasteiger partial charge on any atom is -0.399 e. The predicted octanol–water partition coefficient (Wildman–Crippen LogP) is 4.52. The summed E-state index contributed by atoms with van der Waals surface area (Å²) in [5.74, 6) is 0. The number of benzene rings is 2. The van der Waals surface area contributed by atoms with E-state index in [9.17, 15) is 0 Å². The summed E-state index contributed by atoms with van der Waals surface area (Å²) in [5.41, 5.74) is 17.6. The Hall–Kier alpha value is -1.96. The molecule has 2 nitrogen and oxygen atoms in total. The summed E-state index contributed by atoms with van der Waals surface area (Å²) in [5, 5.41) is 0. The molecule has 0 atom stereocenters. The van der Waals surface area contributed by atoms with Crippen molar-refractivity contribution in [3.8, 4) is 0 Å². The van der Waals surface area contributed by atoms with Gasteiger partial charge >= 0.3 is 0 Å². The van der Waals surface area contributed by atoms with E-state index < -0.39 is 0 Å². The van der Waals surface area contributed by atoms with E-state index in [1.54, 1.807) is 0 Å². The lowest BCUT2D eigenvalue weighted by molar-refractivity contribution is 0.474. The first-order chi connectivity index (χ1) is 10.1. The van der Waals surface area contributed by atoms with Gasteiger partial charge in [-0.2, -0.15) is 0 Å². The quantitative estimate of drug-likeness (QED) is 0.792. The van der Waals surface area contributed by atoms with Crippen molar-refractivity contribution in [3.05, 3.63) is 59.2 Å². The summed E-state index contributed by atoms with van der Waals surface area (Å²) in [6.07, 6.45) is 3.12. The topological polar surface area (TPSA) is 52.0 Å². The minimum atomic E-state index is 0.0345. The smallest absolute Gasteiger partial charge is 0.0316 e. The van der Waals surface area contributed by atoms with Gasteiger partial charge in [0.05, 0.1) is 0 Å². The first-order valence-electron chi connectivity index (χ1n) is 7.82. The molecule has 0 aliphatic rings. The van der Waals surface area contributed by atoms with Crippen molar-refractivity contribution in [2.24, 2.45) is 0 Å². The number of hydrogen-bond donors (Lipinski definition) is 2. The van der Waals surface area contributed by atoms with E-state index >= 15 is 0 Å². The molecule has 0 saturated heterocycles. The molecule has 0 fully saturated rings. The van der Waals surface area contributed by atoms with Crippen LogP contribution in [0.3, 0.4) is 0 Å². The van der Waals surface area contributed by atoms with Gasteiger partial charge in [0, 0.05) is 16.8 Å². The summed E-state index contributed by atoms with van der Waals surface area (Å²) < 4.78 is 0. The van der Waals surface area contributed by atoms with Crippen LogP contribution in [0.25, 0.3) is 0 Å². The number of anilines is 2.